The molecular weight excluding hydrogens is 230 g/mol. The van der Waals surface area contributed by atoms with Crippen LogP contribution < -0.4 is 5.32 Å². The zero-order chi connectivity index (χ0) is 13.1. The predicted molar refractivity (Wildman–Crippen MR) is 69.0 cm³/mol. The van der Waals surface area contributed by atoms with Crippen LogP contribution in [0.15, 0.2) is 24.4 Å². The summed E-state index contributed by atoms with van der Waals surface area (Å²) in [5.74, 6) is -0.210. The number of carboxylic acids is 1. The largest absolute Gasteiger partial charge is 0.476 e. The number of carboxylic acid groups (broad SMARTS) is 1. The topological polar surface area (TPSA) is 66.6 Å². The highest BCUT2D eigenvalue weighted by atomic mass is 16.4. The van der Waals surface area contributed by atoms with Crippen LogP contribution in [0.2, 0.25) is 0 Å². The molecule has 0 saturated heterocycles. The Hall–Kier alpha value is -1.88. The van der Waals surface area contributed by atoms with Gasteiger partial charge in [0.05, 0.1) is 5.52 Å². The lowest BCUT2D eigenvalue weighted by atomic mass is 10.3. The maximum Gasteiger partial charge on any atom is 0.356 e. The number of carbonyl (C=O) groups is 1. The Kier molecular flexibility index (Phi) is 3.62. The summed E-state index contributed by atoms with van der Waals surface area (Å²) in [4.78, 5) is 15.3. The lowest BCUT2D eigenvalue weighted by Gasteiger charge is -2.06. The van der Waals surface area contributed by atoms with Crippen molar-refractivity contribution in [3.05, 3.63) is 35.9 Å². The molecule has 0 atom stereocenters. The van der Waals surface area contributed by atoms with Crippen LogP contribution in [0.25, 0.3) is 5.52 Å². The van der Waals surface area contributed by atoms with Crippen LogP contribution >= 0.6 is 0 Å². The molecule has 0 saturated carbocycles. The lowest BCUT2D eigenvalue weighted by molar-refractivity contribution is 0.0693. The van der Waals surface area contributed by atoms with Crippen LogP contribution in [0, 0.1) is 0 Å². The van der Waals surface area contributed by atoms with Crippen LogP contribution in [0.1, 0.15) is 30.2 Å². The van der Waals surface area contributed by atoms with E-state index in [1.807, 2.05) is 22.7 Å². The van der Waals surface area contributed by atoms with E-state index in [0.717, 1.165) is 12.4 Å². The van der Waals surface area contributed by atoms with Crippen molar-refractivity contribution in [1.29, 1.82) is 0 Å². The zero-order valence-corrected chi connectivity index (χ0v) is 10.6. The second-order valence-electron chi connectivity index (χ2n) is 4.50. The smallest absolute Gasteiger partial charge is 0.356 e. The van der Waals surface area contributed by atoms with Gasteiger partial charge in [-0.25, -0.2) is 9.78 Å². The Balaban J connectivity index is 2.30. The Labute approximate surface area is 105 Å². The number of hydrogen-bond acceptors (Lipinski definition) is 3. The van der Waals surface area contributed by atoms with Crippen molar-refractivity contribution < 1.29 is 9.90 Å². The second-order valence-corrected chi connectivity index (χ2v) is 4.50. The van der Waals surface area contributed by atoms with Crippen LogP contribution in [0.4, 0.5) is 0 Å². The summed E-state index contributed by atoms with van der Waals surface area (Å²) in [5, 5.41) is 12.4. The molecule has 2 heterocycles. The molecule has 18 heavy (non-hydrogen) atoms. The summed E-state index contributed by atoms with van der Waals surface area (Å²) in [7, 11) is 0. The molecule has 0 aliphatic rings. The fourth-order valence-electron chi connectivity index (χ4n) is 1.91. The fraction of sp³-hybridized carbons (Fsp3) is 0.385. The monoisotopic (exact) mass is 247 g/mol. The van der Waals surface area contributed by atoms with Gasteiger partial charge in [-0.1, -0.05) is 19.9 Å². The van der Waals surface area contributed by atoms with E-state index in [0.29, 0.717) is 18.0 Å². The minimum atomic E-state index is -0.984. The third-order valence-corrected chi connectivity index (χ3v) is 2.73. The normalized spacial score (nSPS) is 11.3. The van der Waals surface area contributed by atoms with Gasteiger partial charge in [0.1, 0.15) is 5.82 Å². The molecule has 0 aliphatic carbocycles. The van der Waals surface area contributed by atoms with E-state index in [1.165, 1.54) is 0 Å². The number of imidazole rings is 1. The number of rotatable bonds is 5. The molecule has 0 unspecified atom stereocenters. The molecule has 2 aromatic heterocycles. The highest BCUT2D eigenvalue weighted by Gasteiger charge is 2.15. The van der Waals surface area contributed by atoms with E-state index in [1.54, 1.807) is 6.07 Å². The average Bonchev–Trinajstić information content (AvgIpc) is 2.68. The van der Waals surface area contributed by atoms with Crippen LogP contribution in [0.3, 0.4) is 0 Å². The van der Waals surface area contributed by atoms with Crippen LogP contribution in [-0.2, 0) is 6.42 Å². The molecule has 2 aromatic rings. The molecule has 2 N–H and O–H groups in total. The summed E-state index contributed by atoms with van der Waals surface area (Å²) in [6, 6.07) is 5.88. The van der Waals surface area contributed by atoms with Crippen molar-refractivity contribution in [3.63, 3.8) is 0 Å². The Bertz CT molecular complexity index is 560. The summed E-state index contributed by atoms with van der Waals surface area (Å²) < 4.78 is 1.84. The third kappa shape index (κ3) is 2.51. The van der Waals surface area contributed by atoms with Crippen molar-refractivity contribution in [3.8, 4) is 0 Å². The first-order valence-corrected chi connectivity index (χ1v) is 6.02. The molecule has 0 aliphatic heterocycles. The molecule has 5 heteroatoms. The fourth-order valence-corrected chi connectivity index (χ4v) is 1.91. The van der Waals surface area contributed by atoms with Crippen molar-refractivity contribution >= 4 is 11.5 Å². The average molecular weight is 247 g/mol. The lowest BCUT2D eigenvalue weighted by Crippen LogP contribution is -2.25. The summed E-state index contributed by atoms with van der Waals surface area (Å²) in [5.41, 5.74) is 0.764. The summed E-state index contributed by atoms with van der Waals surface area (Å²) in [6.07, 6.45) is 2.55. The number of aromatic nitrogens is 2. The van der Waals surface area contributed by atoms with Gasteiger partial charge in [-0.15, -0.1) is 0 Å². The number of fused-ring (bicyclic) bond motifs is 1. The van der Waals surface area contributed by atoms with Gasteiger partial charge in [-0.3, -0.25) is 0 Å². The minimum absolute atomic E-state index is 0.121. The molecule has 2 rings (SSSR count). The van der Waals surface area contributed by atoms with E-state index < -0.39 is 5.97 Å². The number of hydrogen-bond donors (Lipinski definition) is 2. The molecule has 0 amide bonds. The van der Waals surface area contributed by atoms with Crippen molar-refractivity contribution in [2.45, 2.75) is 26.3 Å². The highest BCUT2D eigenvalue weighted by molar-refractivity contribution is 5.93. The first-order valence-electron chi connectivity index (χ1n) is 6.02. The van der Waals surface area contributed by atoms with E-state index >= 15 is 0 Å². The number of nitrogens with zero attached hydrogens (tertiary/aromatic N) is 2. The van der Waals surface area contributed by atoms with Gasteiger partial charge in [-0.2, -0.15) is 0 Å². The number of pyridine rings is 1. The number of aromatic carboxylic acids is 1. The van der Waals surface area contributed by atoms with E-state index in [2.05, 4.69) is 24.1 Å². The van der Waals surface area contributed by atoms with E-state index in [9.17, 15) is 4.79 Å². The van der Waals surface area contributed by atoms with E-state index in [-0.39, 0.29) is 5.69 Å². The Morgan fingerprint density at radius 3 is 2.94 bits per heavy atom. The van der Waals surface area contributed by atoms with Gasteiger partial charge in [0.25, 0.3) is 0 Å². The van der Waals surface area contributed by atoms with Crippen LogP contribution in [0.5, 0.6) is 0 Å². The van der Waals surface area contributed by atoms with Crippen molar-refractivity contribution in [2.75, 3.05) is 6.54 Å². The van der Waals surface area contributed by atoms with Gasteiger partial charge in [0.15, 0.2) is 5.69 Å². The molecule has 5 nitrogen and oxygen atoms in total. The molecular formula is C13H17N3O2. The zero-order valence-electron chi connectivity index (χ0n) is 10.6. The summed E-state index contributed by atoms with van der Waals surface area (Å²) in [6.45, 7) is 4.93. The van der Waals surface area contributed by atoms with Gasteiger partial charge < -0.3 is 14.8 Å². The van der Waals surface area contributed by atoms with Gasteiger partial charge >= 0.3 is 5.97 Å². The van der Waals surface area contributed by atoms with Gasteiger partial charge in [0.2, 0.25) is 0 Å². The molecule has 0 aromatic carbocycles. The number of nitrogens with one attached hydrogen (secondary N) is 1. The SMILES string of the molecule is CC(C)NCCc1nc(C(=O)O)c2ccccn12. The molecule has 0 radical (unpaired) electrons. The predicted octanol–water partition coefficient (Wildman–Crippen LogP) is 1.57. The highest BCUT2D eigenvalue weighted by Crippen LogP contribution is 2.13. The standard InChI is InChI=1S/C13H17N3O2/c1-9(2)14-7-6-11-15-12(13(17)18)10-5-3-4-8-16(10)11/h3-5,8-9,14H,6-7H2,1-2H3,(H,17,18). The molecule has 96 valence electrons. The van der Waals surface area contributed by atoms with Gasteiger partial charge in [-0.05, 0) is 12.1 Å². The molecule has 0 spiro atoms. The Morgan fingerprint density at radius 1 is 1.50 bits per heavy atom. The van der Waals surface area contributed by atoms with Crippen LogP contribution in [-0.4, -0.2) is 33.0 Å². The van der Waals surface area contributed by atoms with Crippen molar-refractivity contribution in [2.24, 2.45) is 0 Å². The first kappa shape index (κ1) is 12.6. The quantitative estimate of drug-likeness (QED) is 0.841. The van der Waals surface area contributed by atoms with E-state index in [4.69, 9.17) is 5.11 Å². The third-order valence-electron chi connectivity index (χ3n) is 2.73. The van der Waals surface area contributed by atoms with Crippen molar-refractivity contribution in [1.82, 2.24) is 14.7 Å². The first-order chi connectivity index (χ1) is 8.59. The maximum atomic E-state index is 11.1. The van der Waals surface area contributed by atoms with Gasteiger partial charge in [0, 0.05) is 25.2 Å². The summed E-state index contributed by atoms with van der Waals surface area (Å²) >= 11 is 0. The maximum absolute atomic E-state index is 11.1. The molecule has 0 fully saturated rings. The molecule has 0 bridgehead atoms. The second kappa shape index (κ2) is 5.18. The minimum Gasteiger partial charge on any atom is -0.476 e. The Morgan fingerprint density at radius 2 is 2.28 bits per heavy atom.